The lowest BCUT2D eigenvalue weighted by Gasteiger charge is -2.24. The molecule has 5 nitrogen and oxygen atoms in total. The zero-order valence-corrected chi connectivity index (χ0v) is 12.0. The van der Waals surface area contributed by atoms with Gasteiger partial charge in [-0.2, -0.15) is 11.3 Å². The zero-order chi connectivity index (χ0) is 13.9. The summed E-state index contributed by atoms with van der Waals surface area (Å²) < 4.78 is 4.63. The number of ether oxygens (including phenoxy) is 1. The van der Waals surface area contributed by atoms with Crippen LogP contribution in [0.4, 0.5) is 5.82 Å². The lowest BCUT2D eigenvalue weighted by atomic mass is 10.1. The Morgan fingerprint density at radius 3 is 2.95 bits per heavy atom. The molecule has 20 heavy (non-hydrogen) atoms. The van der Waals surface area contributed by atoms with Crippen molar-refractivity contribution in [1.29, 1.82) is 0 Å². The largest absolute Gasteiger partial charge is 0.464 e. The molecule has 1 aliphatic rings. The summed E-state index contributed by atoms with van der Waals surface area (Å²) in [6.07, 6.45) is 2.26. The molecular weight excluding hydrogens is 274 g/mol. The van der Waals surface area contributed by atoms with Gasteiger partial charge in [0, 0.05) is 6.54 Å². The molecule has 0 bridgehead atoms. The highest BCUT2D eigenvalue weighted by Gasteiger charge is 2.27. The van der Waals surface area contributed by atoms with Gasteiger partial charge in [-0.1, -0.05) is 0 Å². The van der Waals surface area contributed by atoms with Gasteiger partial charge < -0.3 is 9.64 Å². The minimum Gasteiger partial charge on any atom is -0.464 e. The quantitative estimate of drug-likeness (QED) is 0.813. The van der Waals surface area contributed by atoms with Gasteiger partial charge in [0.15, 0.2) is 11.5 Å². The Labute approximate surface area is 121 Å². The van der Waals surface area contributed by atoms with Gasteiger partial charge in [-0.3, -0.25) is 0 Å². The summed E-state index contributed by atoms with van der Waals surface area (Å²) in [5, 5.41) is 12.4. The number of anilines is 1. The first-order valence-corrected chi connectivity index (χ1v) is 7.44. The summed E-state index contributed by atoms with van der Waals surface area (Å²) >= 11 is 1.71. The van der Waals surface area contributed by atoms with Crippen molar-refractivity contribution < 1.29 is 9.53 Å². The number of hydrogen-bond donors (Lipinski definition) is 0. The maximum atomic E-state index is 11.4. The van der Waals surface area contributed by atoms with Crippen molar-refractivity contribution in [2.75, 3.05) is 18.6 Å². The standard InChI is InChI=1S/C14H15N3O2S/c1-19-14(18)11-4-5-13(16-15-11)17-7-2-3-12(17)10-6-8-20-9-10/h4-6,8-9,12H,2-3,7H2,1H3. The number of hydrogen-bond acceptors (Lipinski definition) is 6. The van der Waals surface area contributed by atoms with E-state index < -0.39 is 5.97 Å². The fourth-order valence-corrected chi connectivity index (χ4v) is 3.25. The molecular formula is C14H15N3O2S. The molecule has 3 heterocycles. The van der Waals surface area contributed by atoms with Crippen LogP contribution in [0, 0.1) is 0 Å². The minimum atomic E-state index is -0.458. The molecule has 0 saturated carbocycles. The van der Waals surface area contributed by atoms with Crippen molar-refractivity contribution in [2.24, 2.45) is 0 Å². The maximum Gasteiger partial charge on any atom is 0.358 e. The van der Waals surface area contributed by atoms with Crippen LogP contribution in [0.5, 0.6) is 0 Å². The van der Waals surface area contributed by atoms with Crippen LogP contribution < -0.4 is 4.90 Å². The van der Waals surface area contributed by atoms with E-state index in [4.69, 9.17) is 0 Å². The van der Waals surface area contributed by atoms with Crippen molar-refractivity contribution >= 4 is 23.1 Å². The van der Waals surface area contributed by atoms with Crippen LogP contribution in [-0.4, -0.2) is 29.8 Å². The van der Waals surface area contributed by atoms with Crippen molar-refractivity contribution in [1.82, 2.24) is 10.2 Å². The average molecular weight is 289 g/mol. The van der Waals surface area contributed by atoms with Gasteiger partial charge in [-0.05, 0) is 47.4 Å². The number of nitrogens with zero attached hydrogens (tertiary/aromatic N) is 3. The van der Waals surface area contributed by atoms with Crippen LogP contribution in [0.25, 0.3) is 0 Å². The molecule has 2 aromatic heterocycles. The van der Waals surface area contributed by atoms with Gasteiger partial charge in [0.25, 0.3) is 0 Å². The topological polar surface area (TPSA) is 55.3 Å². The maximum absolute atomic E-state index is 11.4. The van der Waals surface area contributed by atoms with E-state index in [0.29, 0.717) is 6.04 Å². The minimum absolute atomic E-state index is 0.238. The molecule has 1 fully saturated rings. The van der Waals surface area contributed by atoms with E-state index >= 15 is 0 Å². The second kappa shape index (κ2) is 5.58. The highest BCUT2D eigenvalue weighted by atomic mass is 32.1. The molecule has 1 unspecified atom stereocenters. The molecule has 1 atom stereocenters. The van der Waals surface area contributed by atoms with Crippen LogP contribution in [0.2, 0.25) is 0 Å². The summed E-state index contributed by atoms with van der Waals surface area (Å²) in [6.45, 7) is 0.965. The molecule has 3 rings (SSSR count). The first-order chi connectivity index (χ1) is 9.79. The highest BCUT2D eigenvalue weighted by molar-refractivity contribution is 7.08. The van der Waals surface area contributed by atoms with Gasteiger partial charge in [0.2, 0.25) is 0 Å². The number of carbonyl (C=O) groups is 1. The molecule has 0 spiro atoms. The SMILES string of the molecule is COC(=O)c1ccc(N2CCCC2c2ccsc2)nn1. The molecule has 1 saturated heterocycles. The van der Waals surface area contributed by atoms with Crippen molar-refractivity contribution in [2.45, 2.75) is 18.9 Å². The Balaban J connectivity index is 1.83. The van der Waals surface area contributed by atoms with Crippen molar-refractivity contribution in [3.05, 3.63) is 40.2 Å². The van der Waals surface area contributed by atoms with Crippen LogP contribution in [0.3, 0.4) is 0 Å². The van der Waals surface area contributed by atoms with Gasteiger partial charge in [-0.25, -0.2) is 4.79 Å². The molecule has 1 aliphatic heterocycles. The highest BCUT2D eigenvalue weighted by Crippen LogP contribution is 2.35. The zero-order valence-electron chi connectivity index (χ0n) is 11.2. The lowest BCUT2D eigenvalue weighted by molar-refractivity contribution is 0.0592. The van der Waals surface area contributed by atoms with E-state index in [1.807, 2.05) is 6.07 Å². The fraction of sp³-hybridized carbons (Fsp3) is 0.357. The Kier molecular flexibility index (Phi) is 3.64. The third-order valence-electron chi connectivity index (χ3n) is 3.52. The summed E-state index contributed by atoms with van der Waals surface area (Å²) in [7, 11) is 1.34. The number of thiophene rings is 1. The predicted octanol–water partition coefficient (Wildman–Crippen LogP) is 2.67. The molecule has 104 valence electrons. The fourth-order valence-electron chi connectivity index (χ4n) is 2.54. The van der Waals surface area contributed by atoms with Gasteiger partial charge in [0.05, 0.1) is 13.2 Å². The van der Waals surface area contributed by atoms with Crippen LogP contribution >= 0.6 is 11.3 Å². The molecule has 0 aliphatic carbocycles. The number of methoxy groups -OCH3 is 1. The summed E-state index contributed by atoms with van der Waals surface area (Å²) in [6, 6.07) is 6.02. The van der Waals surface area contributed by atoms with Gasteiger partial charge in [0.1, 0.15) is 0 Å². The number of esters is 1. The van der Waals surface area contributed by atoms with E-state index in [1.54, 1.807) is 17.4 Å². The Bertz CT molecular complexity index is 583. The average Bonchev–Trinajstić information content (AvgIpc) is 3.16. The van der Waals surface area contributed by atoms with Gasteiger partial charge >= 0.3 is 5.97 Å². The molecule has 0 radical (unpaired) electrons. The van der Waals surface area contributed by atoms with E-state index in [-0.39, 0.29) is 5.69 Å². The molecule has 6 heteroatoms. The third kappa shape index (κ3) is 2.38. The number of rotatable bonds is 3. The molecule has 0 amide bonds. The monoisotopic (exact) mass is 289 g/mol. The van der Waals surface area contributed by atoms with Crippen molar-refractivity contribution in [3.63, 3.8) is 0 Å². The second-order valence-corrected chi connectivity index (χ2v) is 5.46. The number of carbonyl (C=O) groups excluding carboxylic acids is 1. The second-order valence-electron chi connectivity index (χ2n) is 4.68. The smallest absolute Gasteiger partial charge is 0.358 e. The van der Waals surface area contributed by atoms with Gasteiger partial charge in [-0.15, -0.1) is 10.2 Å². The van der Waals surface area contributed by atoms with Crippen LogP contribution in [0.15, 0.2) is 29.0 Å². The summed E-state index contributed by atoms with van der Waals surface area (Å²) in [5.74, 6) is 0.353. The first-order valence-electron chi connectivity index (χ1n) is 6.50. The first kappa shape index (κ1) is 13.1. The third-order valence-corrected chi connectivity index (χ3v) is 4.22. The Hall–Kier alpha value is -1.95. The van der Waals surface area contributed by atoms with E-state index in [9.17, 15) is 4.79 Å². The van der Waals surface area contributed by atoms with E-state index in [1.165, 1.54) is 12.7 Å². The van der Waals surface area contributed by atoms with Crippen molar-refractivity contribution in [3.8, 4) is 0 Å². The van der Waals surface area contributed by atoms with E-state index in [0.717, 1.165) is 25.2 Å². The Morgan fingerprint density at radius 2 is 2.30 bits per heavy atom. The molecule has 2 aromatic rings. The predicted molar refractivity (Wildman–Crippen MR) is 77.0 cm³/mol. The summed E-state index contributed by atoms with van der Waals surface area (Å²) in [5.41, 5.74) is 1.56. The molecule has 0 aromatic carbocycles. The molecule has 0 N–H and O–H groups in total. The summed E-state index contributed by atoms with van der Waals surface area (Å²) in [4.78, 5) is 13.6. The van der Waals surface area contributed by atoms with Crippen LogP contribution in [-0.2, 0) is 4.74 Å². The lowest BCUT2D eigenvalue weighted by Crippen LogP contribution is -2.23. The van der Waals surface area contributed by atoms with E-state index in [2.05, 4.69) is 36.7 Å². The normalized spacial score (nSPS) is 18.2. The number of aromatic nitrogens is 2. The Morgan fingerprint density at radius 1 is 1.40 bits per heavy atom. The van der Waals surface area contributed by atoms with Crippen LogP contribution in [0.1, 0.15) is 34.9 Å².